The van der Waals surface area contributed by atoms with E-state index in [9.17, 15) is 9.18 Å². The average Bonchev–Trinajstić information content (AvgIpc) is 3.45. The minimum absolute atomic E-state index is 0.107. The quantitative estimate of drug-likeness (QED) is 0.865. The summed E-state index contributed by atoms with van der Waals surface area (Å²) in [6.07, 6.45) is 2.44. The van der Waals surface area contributed by atoms with E-state index in [4.69, 9.17) is 4.74 Å². The Morgan fingerprint density at radius 2 is 1.75 bits per heavy atom. The van der Waals surface area contributed by atoms with Crippen LogP contribution < -0.4 is 14.5 Å². The first-order chi connectivity index (χ1) is 11.7. The number of anilines is 2. The Bertz CT molecular complexity index is 761. The topological polar surface area (TPSA) is 32.8 Å². The average molecular weight is 326 g/mol. The van der Waals surface area contributed by atoms with Gasteiger partial charge in [-0.2, -0.15) is 0 Å². The summed E-state index contributed by atoms with van der Waals surface area (Å²) >= 11 is 0. The number of fused-ring (bicyclic) bond motifs is 1. The summed E-state index contributed by atoms with van der Waals surface area (Å²) in [6.45, 7) is 1.29. The first-order valence-electron chi connectivity index (χ1n) is 8.27. The summed E-state index contributed by atoms with van der Waals surface area (Å²) in [5.41, 5.74) is 2.02. The summed E-state index contributed by atoms with van der Waals surface area (Å²) in [7, 11) is 0. The van der Waals surface area contributed by atoms with Crippen LogP contribution in [0.3, 0.4) is 0 Å². The van der Waals surface area contributed by atoms with Crippen molar-refractivity contribution in [2.75, 3.05) is 29.5 Å². The maximum absolute atomic E-state index is 13.6. The van der Waals surface area contributed by atoms with E-state index in [1.54, 1.807) is 17.0 Å². The normalized spacial score (nSPS) is 16.7. The highest BCUT2D eigenvalue weighted by atomic mass is 19.1. The molecule has 1 heterocycles. The van der Waals surface area contributed by atoms with E-state index in [0.29, 0.717) is 12.6 Å². The Labute approximate surface area is 140 Å². The lowest BCUT2D eigenvalue weighted by molar-refractivity contribution is -0.120. The maximum atomic E-state index is 13.6. The largest absolute Gasteiger partial charge is 0.481 e. The zero-order chi connectivity index (χ0) is 16.5. The number of hydrogen-bond donors (Lipinski definition) is 0. The fourth-order valence-corrected chi connectivity index (χ4v) is 3.19. The van der Waals surface area contributed by atoms with E-state index in [1.807, 2.05) is 18.2 Å². The summed E-state index contributed by atoms with van der Waals surface area (Å²) in [5.74, 6) is -0.499. The zero-order valence-electron chi connectivity index (χ0n) is 13.3. The van der Waals surface area contributed by atoms with Gasteiger partial charge in [0.25, 0.3) is 5.91 Å². The maximum Gasteiger partial charge on any atom is 0.265 e. The van der Waals surface area contributed by atoms with E-state index in [1.165, 1.54) is 25.0 Å². The molecule has 0 saturated heterocycles. The second-order valence-corrected chi connectivity index (χ2v) is 6.18. The molecule has 0 N–H and O–H groups in total. The Kier molecular flexibility index (Phi) is 3.84. The lowest BCUT2D eigenvalue weighted by Crippen LogP contribution is -2.46. The number of para-hydroxylation sites is 3. The highest BCUT2D eigenvalue weighted by molar-refractivity contribution is 5.98. The highest BCUT2D eigenvalue weighted by Crippen LogP contribution is 2.39. The molecule has 2 aliphatic rings. The lowest BCUT2D eigenvalue weighted by Gasteiger charge is -2.37. The van der Waals surface area contributed by atoms with Crippen molar-refractivity contribution in [2.24, 2.45) is 0 Å². The number of amides is 1. The number of benzene rings is 2. The first-order valence-corrected chi connectivity index (χ1v) is 8.27. The number of carbonyl (C=O) groups excluding carboxylic acids is 1. The van der Waals surface area contributed by atoms with Crippen molar-refractivity contribution in [3.63, 3.8) is 0 Å². The fraction of sp³-hybridized carbons (Fsp3) is 0.316. The molecule has 0 aromatic heterocycles. The van der Waals surface area contributed by atoms with Gasteiger partial charge in [-0.1, -0.05) is 24.3 Å². The Hall–Kier alpha value is -2.56. The molecule has 1 aliphatic heterocycles. The summed E-state index contributed by atoms with van der Waals surface area (Å²) in [5, 5.41) is 0. The standard InChI is InChI=1S/C19H19FN2O2/c20-15-5-1-4-8-18(15)24-13-19(23)22-12-11-21(14-9-10-14)16-6-2-3-7-17(16)22/h1-8,14H,9-13H2. The third kappa shape index (κ3) is 2.82. The van der Waals surface area contributed by atoms with Crippen molar-refractivity contribution in [3.05, 3.63) is 54.3 Å². The molecule has 1 fully saturated rings. The summed E-state index contributed by atoms with van der Waals surface area (Å²) < 4.78 is 19.0. The van der Waals surface area contributed by atoms with Crippen LogP contribution in [0, 0.1) is 5.82 Å². The number of ether oxygens (including phenoxy) is 1. The lowest BCUT2D eigenvalue weighted by atomic mass is 10.1. The van der Waals surface area contributed by atoms with Gasteiger partial charge < -0.3 is 14.5 Å². The number of rotatable bonds is 4. The number of carbonyl (C=O) groups is 1. The minimum atomic E-state index is -0.454. The minimum Gasteiger partial charge on any atom is -0.481 e. The highest BCUT2D eigenvalue weighted by Gasteiger charge is 2.35. The summed E-state index contributed by atoms with van der Waals surface area (Å²) in [4.78, 5) is 16.7. The van der Waals surface area contributed by atoms with Crippen LogP contribution in [-0.2, 0) is 4.79 Å². The van der Waals surface area contributed by atoms with Crippen LogP contribution in [0.5, 0.6) is 5.75 Å². The molecule has 2 aromatic rings. The molecule has 0 atom stereocenters. The molecular weight excluding hydrogens is 307 g/mol. The smallest absolute Gasteiger partial charge is 0.265 e. The van der Waals surface area contributed by atoms with Gasteiger partial charge in [0.15, 0.2) is 18.2 Å². The molecule has 0 unspecified atom stereocenters. The van der Waals surface area contributed by atoms with Crippen LogP contribution in [0.25, 0.3) is 0 Å². The van der Waals surface area contributed by atoms with Crippen molar-refractivity contribution in [1.29, 1.82) is 0 Å². The summed E-state index contributed by atoms with van der Waals surface area (Å²) in [6, 6.07) is 14.7. The Balaban J connectivity index is 1.50. The molecule has 1 saturated carbocycles. The number of nitrogens with zero attached hydrogens (tertiary/aromatic N) is 2. The molecule has 0 radical (unpaired) electrons. The van der Waals surface area contributed by atoms with Crippen molar-refractivity contribution in [2.45, 2.75) is 18.9 Å². The van der Waals surface area contributed by atoms with Gasteiger partial charge in [0.2, 0.25) is 0 Å². The first kappa shape index (κ1) is 15.0. The van der Waals surface area contributed by atoms with Gasteiger partial charge >= 0.3 is 0 Å². The molecular formula is C19H19FN2O2. The van der Waals surface area contributed by atoms with Gasteiger partial charge in [0, 0.05) is 19.1 Å². The monoisotopic (exact) mass is 326 g/mol. The van der Waals surface area contributed by atoms with Gasteiger partial charge in [-0.3, -0.25) is 4.79 Å². The Morgan fingerprint density at radius 1 is 1.04 bits per heavy atom. The van der Waals surface area contributed by atoms with E-state index in [-0.39, 0.29) is 18.3 Å². The fourth-order valence-electron chi connectivity index (χ4n) is 3.19. The van der Waals surface area contributed by atoms with Crippen molar-refractivity contribution in [3.8, 4) is 5.75 Å². The second kappa shape index (κ2) is 6.15. The molecule has 4 rings (SSSR count). The third-order valence-electron chi connectivity index (χ3n) is 4.52. The van der Waals surface area contributed by atoms with Gasteiger partial charge in [-0.05, 0) is 37.1 Å². The molecule has 24 heavy (non-hydrogen) atoms. The van der Waals surface area contributed by atoms with Gasteiger partial charge in [0.1, 0.15) is 0 Å². The van der Waals surface area contributed by atoms with Crippen LogP contribution in [0.2, 0.25) is 0 Å². The van der Waals surface area contributed by atoms with Crippen molar-refractivity contribution in [1.82, 2.24) is 0 Å². The molecule has 2 aromatic carbocycles. The molecule has 5 heteroatoms. The molecule has 1 aliphatic carbocycles. The van der Waals surface area contributed by atoms with Crippen LogP contribution in [-0.4, -0.2) is 31.6 Å². The predicted octanol–water partition coefficient (Wildman–Crippen LogP) is 3.22. The molecule has 4 nitrogen and oxygen atoms in total. The second-order valence-electron chi connectivity index (χ2n) is 6.18. The SMILES string of the molecule is O=C(COc1ccccc1F)N1CCN(C2CC2)c2ccccc21. The van der Waals surface area contributed by atoms with Crippen molar-refractivity contribution < 1.29 is 13.9 Å². The molecule has 0 spiro atoms. The molecule has 1 amide bonds. The number of halogens is 1. The van der Waals surface area contributed by atoms with Crippen LogP contribution in [0.4, 0.5) is 15.8 Å². The Morgan fingerprint density at radius 3 is 2.50 bits per heavy atom. The van der Waals surface area contributed by atoms with Gasteiger partial charge in [0.05, 0.1) is 11.4 Å². The predicted molar refractivity (Wildman–Crippen MR) is 91.1 cm³/mol. The van der Waals surface area contributed by atoms with Crippen molar-refractivity contribution >= 4 is 17.3 Å². The van der Waals surface area contributed by atoms with E-state index in [0.717, 1.165) is 17.9 Å². The van der Waals surface area contributed by atoms with Gasteiger partial charge in [-0.15, -0.1) is 0 Å². The zero-order valence-corrected chi connectivity index (χ0v) is 13.3. The van der Waals surface area contributed by atoms with Crippen LogP contribution in [0.1, 0.15) is 12.8 Å². The van der Waals surface area contributed by atoms with E-state index in [2.05, 4.69) is 11.0 Å². The van der Waals surface area contributed by atoms with Crippen LogP contribution >= 0.6 is 0 Å². The van der Waals surface area contributed by atoms with Crippen LogP contribution in [0.15, 0.2) is 48.5 Å². The molecule has 124 valence electrons. The third-order valence-corrected chi connectivity index (χ3v) is 4.52. The molecule has 0 bridgehead atoms. The number of hydrogen-bond acceptors (Lipinski definition) is 3. The van der Waals surface area contributed by atoms with E-state index < -0.39 is 5.82 Å². The van der Waals surface area contributed by atoms with Gasteiger partial charge in [-0.25, -0.2) is 4.39 Å². The van der Waals surface area contributed by atoms with E-state index >= 15 is 0 Å².